The van der Waals surface area contributed by atoms with Crippen molar-refractivity contribution in [2.24, 2.45) is 5.73 Å². The molecule has 18 heavy (non-hydrogen) atoms. The number of hydrogen-bond donors (Lipinski definition) is 1. The van der Waals surface area contributed by atoms with E-state index in [4.69, 9.17) is 10.3 Å². The molecule has 1 heterocycles. The number of nitrogens with two attached hydrogens (primary N) is 1. The van der Waals surface area contributed by atoms with Crippen molar-refractivity contribution >= 4 is 11.8 Å². The molecule has 0 aliphatic rings. The summed E-state index contributed by atoms with van der Waals surface area (Å²) in [6.45, 7) is 2.41. The smallest absolute Gasteiger partial charge is 0.230 e. The van der Waals surface area contributed by atoms with E-state index in [1.807, 2.05) is 6.92 Å². The zero-order valence-electron chi connectivity index (χ0n) is 9.97. The maximum Gasteiger partial charge on any atom is 0.230 e. The standard InChI is InChI=1S/C12H14FN3OS/c1-8(6-14)12-15-11(16-17-12)7-18-10-4-2-9(13)3-5-10/h2-5,8H,6-7,14H2,1H3. The Morgan fingerprint density at radius 2 is 2.11 bits per heavy atom. The van der Waals surface area contributed by atoms with Crippen molar-refractivity contribution in [2.75, 3.05) is 6.54 Å². The zero-order chi connectivity index (χ0) is 13.0. The third kappa shape index (κ3) is 3.30. The topological polar surface area (TPSA) is 64.9 Å². The van der Waals surface area contributed by atoms with E-state index in [1.165, 1.54) is 23.9 Å². The molecule has 1 unspecified atom stereocenters. The summed E-state index contributed by atoms with van der Waals surface area (Å²) >= 11 is 1.53. The van der Waals surface area contributed by atoms with Gasteiger partial charge in [0, 0.05) is 17.4 Å². The number of hydrogen-bond acceptors (Lipinski definition) is 5. The molecule has 6 heteroatoms. The first-order valence-electron chi connectivity index (χ1n) is 5.60. The molecule has 0 amide bonds. The average molecular weight is 267 g/mol. The molecule has 1 atom stereocenters. The molecule has 0 aliphatic heterocycles. The van der Waals surface area contributed by atoms with E-state index in [0.717, 1.165) is 4.90 Å². The monoisotopic (exact) mass is 267 g/mol. The number of benzene rings is 1. The van der Waals surface area contributed by atoms with Gasteiger partial charge in [-0.25, -0.2) is 4.39 Å². The van der Waals surface area contributed by atoms with Crippen LogP contribution in [0.5, 0.6) is 0 Å². The van der Waals surface area contributed by atoms with E-state index in [-0.39, 0.29) is 11.7 Å². The van der Waals surface area contributed by atoms with Gasteiger partial charge in [0.15, 0.2) is 5.82 Å². The minimum Gasteiger partial charge on any atom is -0.339 e. The zero-order valence-corrected chi connectivity index (χ0v) is 10.8. The Kier molecular flexibility index (Phi) is 4.33. The molecule has 2 aromatic rings. The number of aromatic nitrogens is 2. The van der Waals surface area contributed by atoms with Crippen molar-refractivity contribution in [3.05, 3.63) is 41.8 Å². The van der Waals surface area contributed by atoms with Crippen molar-refractivity contribution in [2.45, 2.75) is 23.5 Å². The van der Waals surface area contributed by atoms with Crippen molar-refractivity contribution in [3.63, 3.8) is 0 Å². The summed E-state index contributed by atoms with van der Waals surface area (Å²) in [4.78, 5) is 5.23. The minimum atomic E-state index is -0.238. The average Bonchev–Trinajstić information content (AvgIpc) is 2.86. The summed E-state index contributed by atoms with van der Waals surface area (Å²) in [6, 6.07) is 6.31. The fourth-order valence-corrected chi connectivity index (χ4v) is 2.05. The van der Waals surface area contributed by atoms with E-state index < -0.39 is 0 Å². The Morgan fingerprint density at radius 1 is 1.39 bits per heavy atom. The molecule has 0 aliphatic carbocycles. The fourth-order valence-electron chi connectivity index (χ4n) is 1.31. The molecule has 0 radical (unpaired) electrons. The molecule has 96 valence electrons. The third-order valence-corrected chi connectivity index (χ3v) is 3.45. The van der Waals surface area contributed by atoms with Gasteiger partial charge in [-0.15, -0.1) is 11.8 Å². The quantitative estimate of drug-likeness (QED) is 0.843. The van der Waals surface area contributed by atoms with Crippen LogP contribution in [0.4, 0.5) is 4.39 Å². The Labute approximate surface area is 109 Å². The third-order valence-electron chi connectivity index (χ3n) is 2.44. The second-order valence-corrected chi connectivity index (χ2v) is 4.98. The summed E-state index contributed by atoms with van der Waals surface area (Å²) in [5, 5.41) is 3.88. The molecule has 0 saturated heterocycles. The van der Waals surface area contributed by atoms with Crippen molar-refractivity contribution in [1.29, 1.82) is 0 Å². The number of rotatable bonds is 5. The molecule has 0 saturated carbocycles. The summed E-state index contributed by atoms with van der Waals surface area (Å²) in [6.07, 6.45) is 0. The minimum absolute atomic E-state index is 0.0714. The first-order valence-corrected chi connectivity index (χ1v) is 6.58. The van der Waals surface area contributed by atoms with Gasteiger partial charge in [0.25, 0.3) is 0 Å². The van der Waals surface area contributed by atoms with Crippen LogP contribution < -0.4 is 5.73 Å². The maximum atomic E-state index is 12.7. The van der Waals surface area contributed by atoms with Crippen LogP contribution in [0.25, 0.3) is 0 Å². The molecule has 0 fully saturated rings. The second kappa shape index (κ2) is 5.97. The first-order chi connectivity index (χ1) is 8.69. The predicted octanol–water partition coefficient (Wildman–Crippen LogP) is 2.56. The van der Waals surface area contributed by atoms with Crippen molar-refractivity contribution in [1.82, 2.24) is 10.1 Å². The molecular weight excluding hydrogens is 253 g/mol. The highest BCUT2D eigenvalue weighted by atomic mass is 32.2. The van der Waals surface area contributed by atoms with E-state index >= 15 is 0 Å². The van der Waals surface area contributed by atoms with E-state index in [0.29, 0.717) is 24.0 Å². The second-order valence-electron chi connectivity index (χ2n) is 3.93. The number of halogens is 1. The highest BCUT2D eigenvalue weighted by Crippen LogP contribution is 2.22. The van der Waals surface area contributed by atoms with Crippen LogP contribution in [0.2, 0.25) is 0 Å². The van der Waals surface area contributed by atoms with E-state index in [1.54, 1.807) is 12.1 Å². The SMILES string of the molecule is CC(CN)c1nc(CSc2ccc(F)cc2)no1. The Morgan fingerprint density at radius 3 is 2.78 bits per heavy atom. The van der Waals surface area contributed by atoms with Crippen molar-refractivity contribution in [3.8, 4) is 0 Å². The predicted molar refractivity (Wildman–Crippen MR) is 67.7 cm³/mol. The van der Waals surface area contributed by atoms with Crippen LogP contribution in [0.15, 0.2) is 33.7 Å². The molecular formula is C12H14FN3OS. The highest BCUT2D eigenvalue weighted by Gasteiger charge is 2.12. The van der Waals surface area contributed by atoms with Gasteiger partial charge >= 0.3 is 0 Å². The molecule has 2 N–H and O–H groups in total. The lowest BCUT2D eigenvalue weighted by molar-refractivity contribution is 0.358. The summed E-state index contributed by atoms with van der Waals surface area (Å²) in [5.74, 6) is 1.61. The molecule has 1 aromatic carbocycles. The highest BCUT2D eigenvalue weighted by molar-refractivity contribution is 7.98. The number of thioether (sulfide) groups is 1. The van der Waals surface area contributed by atoms with Crippen LogP contribution in [0.3, 0.4) is 0 Å². The van der Waals surface area contributed by atoms with Gasteiger partial charge in [0.05, 0.1) is 5.75 Å². The maximum absolute atomic E-state index is 12.7. The van der Waals surface area contributed by atoms with Gasteiger partial charge in [-0.2, -0.15) is 4.98 Å². The summed E-state index contributed by atoms with van der Waals surface area (Å²) in [7, 11) is 0. The van der Waals surface area contributed by atoms with Gasteiger partial charge < -0.3 is 10.3 Å². The van der Waals surface area contributed by atoms with Crippen LogP contribution in [0.1, 0.15) is 24.6 Å². The van der Waals surface area contributed by atoms with Gasteiger partial charge in [-0.1, -0.05) is 12.1 Å². The molecule has 0 spiro atoms. The summed E-state index contributed by atoms with van der Waals surface area (Å²) < 4.78 is 17.8. The van der Waals surface area contributed by atoms with Crippen LogP contribution in [0, 0.1) is 5.82 Å². The van der Waals surface area contributed by atoms with Gasteiger partial charge in [-0.05, 0) is 24.3 Å². The Balaban J connectivity index is 1.94. The molecule has 0 bridgehead atoms. The van der Waals surface area contributed by atoms with Crippen LogP contribution in [-0.2, 0) is 5.75 Å². The van der Waals surface area contributed by atoms with E-state index in [2.05, 4.69) is 10.1 Å². The lowest BCUT2D eigenvalue weighted by Crippen LogP contribution is -2.09. The lowest BCUT2D eigenvalue weighted by Gasteiger charge is -1.99. The normalized spacial score (nSPS) is 12.6. The Hall–Kier alpha value is -1.40. The van der Waals surface area contributed by atoms with Gasteiger partial charge in [-0.3, -0.25) is 0 Å². The van der Waals surface area contributed by atoms with Gasteiger partial charge in [0.2, 0.25) is 5.89 Å². The van der Waals surface area contributed by atoms with Crippen LogP contribution >= 0.6 is 11.8 Å². The first kappa shape index (κ1) is 13.0. The fraction of sp³-hybridized carbons (Fsp3) is 0.333. The lowest BCUT2D eigenvalue weighted by atomic mass is 10.2. The van der Waals surface area contributed by atoms with Gasteiger partial charge in [0.1, 0.15) is 5.82 Å². The largest absolute Gasteiger partial charge is 0.339 e. The molecule has 4 nitrogen and oxygen atoms in total. The molecule has 2 rings (SSSR count). The van der Waals surface area contributed by atoms with Crippen LogP contribution in [-0.4, -0.2) is 16.7 Å². The Bertz CT molecular complexity index is 500. The van der Waals surface area contributed by atoms with Crippen molar-refractivity contribution < 1.29 is 8.91 Å². The number of nitrogens with zero attached hydrogens (tertiary/aromatic N) is 2. The molecule has 1 aromatic heterocycles. The van der Waals surface area contributed by atoms with E-state index in [9.17, 15) is 4.39 Å². The summed E-state index contributed by atoms with van der Waals surface area (Å²) in [5.41, 5.74) is 5.52.